The molecule has 2 bridgehead atoms. The number of thiazole rings is 1. The number of aromatic nitrogens is 3. The molecule has 2 aliphatic rings. The molecule has 0 aliphatic carbocycles. The summed E-state index contributed by atoms with van der Waals surface area (Å²) in [6, 6.07) is 9.30. The highest BCUT2D eigenvalue weighted by Gasteiger charge is 2.36. The van der Waals surface area contributed by atoms with Gasteiger partial charge in [0, 0.05) is 53.0 Å². The summed E-state index contributed by atoms with van der Waals surface area (Å²) in [5.74, 6) is 0.355. The number of rotatable bonds is 8. The summed E-state index contributed by atoms with van der Waals surface area (Å²) >= 11 is 7.63. The third-order valence-corrected chi connectivity index (χ3v) is 9.30. The predicted octanol–water partition coefficient (Wildman–Crippen LogP) is 6.87. The van der Waals surface area contributed by atoms with Crippen LogP contribution in [0.15, 0.2) is 52.8 Å². The highest BCUT2D eigenvalue weighted by Crippen LogP contribution is 2.34. The topological polar surface area (TPSA) is 89.3 Å². The first kappa shape index (κ1) is 32.2. The molecule has 1 amide bonds. The van der Waals surface area contributed by atoms with Crippen molar-refractivity contribution in [3.8, 4) is 33.3 Å². The van der Waals surface area contributed by atoms with Crippen molar-refractivity contribution >= 4 is 28.8 Å². The number of alkyl halides is 3. The molecule has 8 nitrogen and oxygen atoms in total. The van der Waals surface area contributed by atoms with Crippen LogP contribution in [0.5, 0.6) is 5.75 Å². The van der Waals surface area contributed by atoms with E-state index in [4.69, 9.17) is 16.3 Å². The van der Waals surface area contributed by atoms with Gasteiger partial charge in [-0.05, 0) is 68.5 Å². The number of carbonyl (C=O) groups is 1. The lowest BCUT2D eigenvalue weighted by molar-refractivity contribution is -0.141. The van der Waals surface area contributed by atoms with Gasteiger partial charge in [0.05, 0.1) is 29.1 Å². The van der Waals surface area contributed by atoms with Crippen LogP contribution in [0.25, 0.3) is 27.5 Å². The molecular formula is C33H33ClF3N5O3S. The van der Waals surface area contributed by atoms with E-state index in [-0.39, 0.29) is 29.5 Å². The quantitative estimate of drug-likeness (QED) is 0.220. The van der Waals surface area contributed by atoms with Crippen molar-refractivity contribution in [3.05, 3.63) is 80.3 Å². The molecule has 0 radical (unpaired) electrons. The zero-order valence-corrected chi connectivity index (χ0v) is 27.1. The van der Waals surface area contributed by atoms with Crippen LogP contribution < -0.4 is 15.6 Å². The number of nitrogens with zero attached hydrogens (tertiary/aromatic N) is 4. The lowest BCUT2D eigenvalue weighted by Gasteiger charge is -2.34. The number of carbonyl (C=O) groups excluding carboxylic acids is 1. The van der Waals surface area contributed by atoms with Crippen molar-refractivity contribution in [1.82, 2.24) is 24.8 Å². The summed E-state index contributed by atoms with van der Waals surface area (Å²) in [4.78, 5) is 39.0. The lowest BCUT2D eigenvalue weighted by Crippen LogP contribution is -2.53. The average molecular weight is 672 g/mol. The van der Waals surface area contributed by atoms with Gasteiger partial charge >= 0.3 is 6.18 Å². The minimum absolute atomic E-state index is 0.0932. The molecule has 2 atom stereocenters. The summed E-state index contributed by atoms with van der Waals surface area (Å²) in [7, 11) is 0. The number of likely N-dealkylation sites (tertiary alicyclic amines) is 1. The first-order valence-corrected chi connectivity index (χ1v) is 16.4. The van der Waals surface area contributed by atoms with Crippen LogP contribution in [0.3, 0.4) is 0 Å². The number of benzene rings is 1. The van der Waals surface area contributed by atoms with Gasteiger partial charge in [-0.3, -0.25) is 19.1 Å². The lowest BCUT2D eigenvalue weighted by atomic mass is 9.99. The Kier molecular flexibility index (Phi) is 8.97. The van der Waals surface area contributed by atoms with E-state index in [0.717, 1.165) is 36.4 Å². The second-order valence-corrected chi connectivity index (χ2v) is 13.3. The maximum Gasteiger partial charge on any atom is 0.433 e. The molecule has 2 aliphatic heterocycles. The Balaban J connectivity index is 1.54. The molecule has 4 aromatic rings. The van der Waals surface area contributed by atoms with E-state index in [9.17, 15) is 22.8 Å². The number of ether oxygens (including phenoxy) is 1. The zero-order chi connectivity index (χ0) is 32.7. The Morgan fingerprint density at radius 2 is 1.89 bits per heavy atom. The summed E-state index contributed by atoms with van der Waals surface area (Å²) in [5, 5.41) is 5.93. The van der Waals surface area contributed by atoms with Crippen molar-refractivity contribution in [2.45, 2.75) is 58.3 Å². The molecule has 46 heavy (non-hydrogen) atoms. The Morgan fingerprint density at radius 1 is 1.15 bits per heavy atom. The van der Waals surface area contributed by atoms with Gasteiger partial charge in [0.15, 0.2) is 0 Å². The van der Waals surface area contributed by atoms with Crippen molar-refractivity contribution in [2.24, 2.45) is 5.92 Å². The number of amides is 1. The molecule has 2 fully saturated rings. The fourth-order valence-corrected chi connectivity index (χ4v) is 7.16. The monoisotopic (exact) mass is 671 g/mol. The molecule has 13 heteroatoms. The molecule has 0 spiro atoms. The molecule has 0 unspecified atom stereocenters. The van der Waals surface area contributed by atoms with E-state index in [0.29, 0.717) is 70.1 Å². The van der Waals surface area contributed by atoms with Crippen LogP contribution in [0.4, 0.5) is 13.2 Å². The minimum atomic E-state index is -4.57. The van der Waals surface area contributed by atoms with E-state index in [1.807, 2.05) is 25.7 Å². The molecule has 242 valence electrons. The maximum absolute atomic E-state index is 14.6. The van der Waals surface area contributed by atoms with Crippen LogP contribution in [-0.2, 0) is 12.6 Å². The van der Waals surface area contributed by atoms with Gasteiger partial charge < -0.3 is 15.0 Å². The molecule has 3 aromatic heterocycles. The SMILES string of the molecule is CCOc1ccc(Cl)cc1-n1c(CC(C)C)c(C(=O)N2C[C@H]3CC[C@@H](C2)N3)cc(-c2nc(-c3ccc(C(F)(F)F)nc3)cs2)c1=O. The van der Waals surface area contributed by atoms with Crippen molar-refractivity contribution in [2.75, 3.05) is 19.7 Å². The Morgan fingerprint density at radius 3 is 2.52 bits per heavy atom. The van der Waals surface area contributed by atoms with E-state index < -0.39 is 17.4 Å². The fourth-order valence-electron chi connectivity index (χ4n) is 6.15. The first-order chi connectivity index (χ1) is 21.9. The molecule has 1 N–H and O–H groups in total. The third-order valence-electron chi connectivity index (χ3n) is 8.18. The van der Waals surface area contributed by atoms with Gasteiger partial charge in [-0.25, -0.2) is 4.98 Å². The molecular weight excluding hydrogens is 639 g/mol. The highest BCUT2D eigenvalue weighted by atomic mass is 35.5. The molecule has 2 saturated heterocycles. The second-order valence-electron chi connectivity index (χ2n) is 12.0. The molecule has 6 rings (SSSR count). The van der Waals surface area contributed by atoms with Crippen molar-refractivity contribution < 1.29 is 22.7 Å². The van der Waals surface area contributed by atoms with Gasteiger partial charge in [0.1, 0.15) is 16.5 Å². The van der Waals surface area contributed by atoms with Crippen LogP contribution in [0.1, 0.15) is 55.4 Å². The minimum Gasteiger partial charge on any atom is -0.492 e. The standard InChI is InChI=1S/C33H33ClF3N5O3S/c1-4-45-28-9-6-20(34)12-27(28)42-26(11-18(2)3)23(31(43)41-15-21-7-8-22(16-41)39-21)13-24(32(42)44)30-40-25(17-46-30)19-5-10-29(38-14-19)33(35,36)37/h5-6,9-10,12-14,17-18,21-22,39H,4,7-8,11,15-16H2,1-3H3/t21-,22+. The van der Waals surface area contributed by atoms with Gasteiger partial charge in [-0.1, -0.05) is 25.4 Å². The van der Waals surface area contributed by atoms with Crippen molar-refractivity contribution in [3.63, 3.8) is 0 Å². The number of piperazine rings is 1. The molecule has 1 aromatic carbocycles. The van der Waals surface area contributed by atoms with Crippen molar-refractivity contribution in [1.29, 1.82) is 0 Å². The van der Waals surface area contributed by atoms with Crippen LogP contribution in [0.2, 0.25) is 5.02 Å². The largest absolute Gasteiger partial charge is 0.492 e. The average Bonchev–Trinajstić information content (AvgIpc) is 3.63. The van der Waals surface area contributed by atoms with E-state index >= 15 is 0 Å². The second kappa shape index (κ2) is 12.8. The van der Waals surface area contributed by atoms with E-state index in [1.54, 1.807) is 29.6 Å². The smallest absolute Gasteiger partial charge is 0.433 e. The Labute approximate surface area is 273 Å². The molecule has 5 heterocycles. The summed E-state index contributed by atoms with van der Waals surface area (Å²) < 4.78 is 46.8. The van der Waals surface area contributed by atoms with Gasteiger partial charge in [-0.2, -0.15) is 13.2 Å². The summed E-state index contributed by atoms with van der Waals surface area (Å²) in [6.45, 7) is 7.36. The highest BCUT2D eigenvalue weighted by molar-refractivity contribution is 7.13. The number of nitrogens with one attached hydrogen (secondary N) is 1. The van der Waals surface area contributed by atoms with Crippen LogP contribution >= 0.6 is 22.9 Å². The Bertz CT molecular complexity index is 1810. The Hall–Kier alpha value is -3.74. The number of fused-ring (bicyclic) bond motifs is 2. The number of pyridine rings is 2. The number of hydrogen-bond donors (Lipinski definition) is 1. The van der Waals surface area contributed by atoms with Crippen LogP contribution in [-0.4, -0.2) is 57.1 Å². The first-order valence-electron chi connectivity index (χ1n) is 15.2. The number of hydrogen-bond acceptors (Lipinski definition) is 7. The zero-order valence-electron chi connectivity index (χ0n) is 25.5. The third kappa shape index (κ3) is 6.43. The van der Waals surface area contributed by atoms with E-state index in [1.165, 1.54) is 10.6 Å². The van der Waals surface area contributed by atoms with Gasteiger partial charge in [-0.15, -0.1) is 11.3 Å². The normalized spacial score (nSPS) is 18.0. The number of halogens is 4. The van der Waals surface area contributed by atoms with Gasteiger partial charge in [0.25, 0.3) is 11.5 Å². The summed E-state index contributed by atoms with van der Waals surface area (Å²) in [6.07, 6.45) is -1.03. The summed E-state index contributed by atoms with van der Waals surface area (Å²) in [5.41, 5.74) is 0.846. The van der Waals surface area contributed by atoms with Gasteiger partial charge in [0.2, 0.25) is 0 Å². The van der Waals surface area contributed by atoms with E-state index in [2.05, 4.69) is 15.3 Å². The van der Waals surface area contributed by atoms with Crippen LogP contribution in [0, 0.1) is 5.92 Å². The maximum atomic E-state index is 14.6. The molecule has 0 saturated carbocycles. The predicted molar refractivity (Wildman–Crippen MR) is 172 cm³/mol. The fraction of sp³-hybridized carbons (Fsp3) is 0.394.